The summed E-state index contributed by atoms with van der Waals surface area (Å²) in [7, 11) is 0. The minimum absolute atomic E-state index is 0.217. The van der Waals surface area contributed by atoms with Crippen molar-refractivity contribution in [3.8, 4) is 0 Å². The van der Waals surface area contributed by atoms with Gasteiger partial charge >= 0.3 is 5.97 Å². The molecule has 2 heteroatoms. The van der Waals surface area contributed by atoms with Crippen molar-refractivity contribution in [2.24, 2.45) is 11.3 Å². The van der Waals surface area contributed by atoms with Crippen molar-refractivity contribution in [1.29, 1.82) is 0 Å². The number of benzene rings is 1. The maximum atomic E-state index is 11.1. The molecule has 2 atom stereocenters. The molecule has 0 aromatic heterocycles. The summed E-state index contributed by atoms with van der Waals surface area (Å²) in [5.74, 6) is 0.816. The summed E-state index contributed by atoms with van der Waals surface area (Å²) in [5.41, 5.74) is 3.13. The summed E-state index contributed by atoms with van der Waals surface area (Å²) in [4.78, 5) is 11.1. The van der Waals surface area contributed by atoms with Crippen molar-refractivity contribution in [3.63, 3.8) is 0 Å². The van der Waals surface area contributed by atoms with E-state index in [1.54, 1.807) is 0 Å². The van der Waals surface area contributed by atoms with Gasteiger partial charge in [-0.05, 0) is 66.4 Å². The zero-order valence-electron chi connectivity index (χ0n) is 13.8. The van der Waals surface area contributed by atoms with Crippen molar-refractivity contribution < 1.29 is 9.90 Å². The first-order valence-electron chi connectivity index (χ1n) is 8.76. The van der Waals surface area contributed by atoms with Gasteiger partial charge < -0.3 is 5.11 Å². The molecule has 2 saturated carbocycles. The number of hydrogen-bond acceptors (Lipinski definition) is 1. The third-order valence-electron chi connectivity index (χ3n) is 5.63. The van der Waals surface area contributed by atoms with Crippen LogP contribution in [0.25, 0.3) is 0 Å². The van der Waals surface area contributed by atoms with Crippen LogP contribution in [-0.4, -0.2) is 11.1 Å². The lowest BCUT2D eigenvalue weighted by Gasteiger charge is -2.35. The van der Waals surface area contributed by atoms with Crippen LogP contribution < -0.4 is 0 Å². The van der Waals surface area contributed by atoms with Crippen LogP contribution in [0.15, 0.2) is 24.3 Å². The predicted octanol–water partition coefficient (Wildman–Crippen LogP) is 5.34. The van der Waals surface area contributed by atoms with Gasteiger partial charge in [-0.3, -0.25) is 4.79 Å². The molecule has 0 radical (unpaired) electrons. The average molecular weight is 300 g/mol. The lowest BCUT2D eigenvalue weighted by atomic mass is 9.70. The van der Waals surface area contributed by atoms with E-state index in [2.05, 4.69) is 38.1 Å². The molecule has 22 heavy (non-hydrogen) atoms. The molecule has 2 aliphatic rings. The first kappa shape index (κ1) is 15.6. The van der Waals surface area contributed by atoms with E-state index in [1.165, 1.54) is 49.7 Å². The van der Waals surface area contributed by atoms with Gasteiger partial charge in [-0.15, -0.1) is 0 Å². The van der Waals surface area contributed by atoms with Gasteiger partial charge in [0.25, 0.3) is 0 Å². The molecule has 0 bridgehead atoms. The predicted molar refractivity (Wildman–Crippen MR) is 89.1 cm³/mol. The zero-order chi connectivity index (χ0) is 15.7. The molecular formula is C20H28O2. The summed E-state index contributed by atoms with van der Waals surface area (Å²) < 4.78 is 0. The molecule has 1 N–H and O–H groups in total. The molecule has 0 spiro atoms. The molecule has 0 saturated heterocycles. The Kier molecular flexibility index (Phi) is 4.29. The van der Waals surface area contributed by atoms with Crippen molar-refractivity contribution in [1.82, 2.24) is 0 Å². The Bertz CT molecular complexity index is 525. The summed E-state index contributed by atoms with van der Waals surface area (Å²) in [6.45, 7) is 4.76. The summed E-state index contributed by atoms with van der Waals surface area (Å²) >= 11 is 0. The highest BCUT2D eigenvalue weighted by molar-refractivity contribution is 5.68. The minimum Gasteiger partial charge on any atom is -0.481 e. The molecule has 1 aromatic rings. The molecule has 0 heterocycles. The SMILES string of the molecule is CC1(C)CCCC(c2ccc(C(CC(=O)O)C3CC3)cc2)C1. The fourth-order valence-electron chi connectivity index (χ4n) is 4.24. The molecule has 2 fully saturated rings. The zero-order valence-corrected chi connectivity index (χ0v) is 13.8. The van der Waals surface area contributed by atoms with E-state index < -0.39 is 5.97 Å². The van der Waals surface area contributed by atoms with Crippen molar-refractivity contribution in [3.05, 3.63) is 35.4 Å². The van der Waals surface area contributed by atoms with Gasteiger partial charge in [0.05, 0.1) is 6.42 Å². The van der Waals surface area contributed by atoms with Crippen LogP contribution >= 0.6 is 0 Å². The second-order valence-corrected chi connectivity index (χ2v) is 8.17. The average Bonchev–Trinajstić information content (AvgIpc) is 3.28. The third-order valence-corrected chi connectivity index (χ3v) is 5.63. The van der Waals surface area contributed by atoms with Crippen molar-refractivity contribution >= 4 is 5.97 Å². The van der Waals surface area contributed by atoms with E-state index in [-0.39, 0.29) is 12.3 Å². The summed E-state index contributed by atoms with van der Waals surface area (Å²) in [5, 5.41) is 9.14. The fraction of sp³-hybridized carbons (Fsp3) is 0.650. The van der Waals surface area contributed by atoms with Crippen molar-refractivity contribution in [2.45, 2.75) is 70.6 Å². The first-order valence-corrected chi connectivity index (χ1v) is 8.76. The van der Waals surface area contributed by atoms with Gasteiger partial charge in [0, 0.05) is 0 Å². The largest absolute Gasteiger partial charge is 0.481 e. The van der Waals surface area contributed by atoms with Crippen molar-refractivity contribution in [2.75, 3.05) is 0 Å². The standard InChI is InChI=1S/C20H28O2/c1-20(2)11-3-4-17(13-20)14-5-7-15(8-6-14)18(12-19(21)22)16-9-10-16/h5-8,16-18H,3-4,9-13H2,1-2H3,(H,21,22). The number of rotatable bonds is 5. The Balaban J connectivity index is 1.73. The fourth-order valence-corrected chi connectivity index (χ4v) is 4.24. The van der Waals surface area contributed by atoms with Crippen LogP contribution in [0.4, 0.5) is 0 Å². The van der Waals surface area contributed by atoms with Gasteiger partial charge in [-0.25, -0.2) is 0 Å². The molecule has 3 rings (SSSR count). The first-order chi connectivity index (χ1) is 10.4. The lowest BCUT2D eigenvalue weighted by molar-refractivity contribution is -0.137. The minimum atomic E-state index is -0.671. The Labute approximate surface area is 133 Å². The van der Waals surface area contributed by atoms with Gasteiger partial charge in [-0.2, -0.15) is 0 Å². The van der Waals surface area contributed by atoms with Crippen LogP contribution in [0.1, 0.15) is 81.8 Å². The normalized spacial score (nSPS) is 25.6. The number of aliphatic carboxylic acids is 1. The second kappa shape index (κ2) is 6.06. The second-order valence-electron chi connectivity index (χ2n) is 8.17. The van der Waals surface area contributed by atoms with Crippen LogP contribution in [0.2, 0.25) is 0 Å². The third kappa shape index (κ3) is 3.71. The van der Waals surface area contributed by atoms with Crippen LogP contribution in [0, 0.1) is 11.3 Å². The number of carboxylic acids is 1. The summed E-state index contributed by atoms with van der Waals surface area (Å²) in [6, 6.07) is 8.92. The molecule has 2 nitrogen and oxygen atoms in total. The van der Waals surface area contributed by atoms with E-state index in [0.717, 1.165) is 0 Å². The molecule has 0 aliphatic heterocycles. The molecule has 0 amide bonds. The summed E-state index contributed by atoms with van der Waals surface area (Å²) in [6.07, 6.45) is 7.89. The Morgan fingerprint density at radius 1 is 1.23 bits per heavy atom. The maximum absolute atomic E-state index is 11.1. The van der Waals surface area contributed by atoms with Crippen LogP contribution in [0.3, 0.4) is 0 Å². The number of carbonyl (C=O) groups is 1. The molecular weight excluding hydrogens is 272 g/mol. The quantitative estimate of drug-likeness (QED) is 0.797. The van der Waals surface area contributed by atoms with E-state index in [4.69, 9.17) is 5.11 Å². The Morgan fingerprint density at radius 3 is 2.45 bits per heavy atom. The molecule has 1 aromatic carbocycles. The Hall–Kier alpha value is -1.31. The van der Waals surface area contributed by atoms with Gasteiger partial charge in [0.2, 0.25) is 0 Å². The monoisotopic (exact) mass is 300 g/mol. The van der Waals surface area contributed by atoms with Gasteiger partial charge in [0.1, 0.15) is 0 Å². The van der Waals surface area contributed by atoms with E-state index in [9.17, 15) is 4.79 Å². The number of carboxylic acid groups (broad SMARTS) is 1. The lowest BCUT2D eigenvalue weighted by Crippen LogP contribution is -2.21. The van der Waals surface area contributed by atoms with Crippen LogP contribution in [-0.2, 0) is 4.79 Å². The highest BCUT2D eigenvalue weighted by atomic mass is 16.4. The number of hydrogen-bond donors (Lipinski definition) is 1. The maximum Gasteiger partial charge on any atom is 0.303 e. The Morgan fingerprint density at radius 2 is 1.91 bits per heavy atom. The smallest absolute Gasteiger partial charge is 0.303 e. The molecule has 120 valence electrons. The topological polar surface area (TPSA) is 37.3 Å². The van der Waals surface area contributed by atoms with E-state index in [1.807, 2.05) is 0 Å². The van der Waals surface area contributed by atoms with Gasteiger partial charge in [-0.1, -0.05) is 44.5 Å². The highest BCUT2D eigenvalue weighted by Gasteiger charge is 2.34. The van der Waals surface area contributed by atoms with E-state index >= 15 is 0 Å². The highest BCUT2D eigenvalue weighted by Crippen LogP contribution is 2.46. The van der Waals surface area contributed by atoms with Crippen LogP contribution in [0.5, 0.6) is 0 Å². The molecule has 2 aliphatic carbocycles. The van der Waals surface area contributed by atoms with Gasteiger partial charge in [0.15, 0.2) is 0 Å². The molecule has 2 unspecified atom stereocenters. The van der Waals surface area contributed by atoms with E-state index in [0.29, 0.717) is 17.3 Å².